The van der Waals surface area contributed by atoms with Crippen LogP contribution in [0.25, 0.3) is 0 Å². The third kappa shape index (κ3) is 2.65. The molecule has 0 saturated heterocycles. The van der Waals surface area contributed by atoms with Gasteiger partial charge in [-0.05, 0) is 23.8 Å². The third-order valence-electron chi connectivity index (χ3n) is 2.83. The Balaban J connectivity index is 2.21. The SMILES string of the molecule is COc1ccc(CN2C(=O)C=[C]([Al])C2=O)cc1OC. The van der Waals surface area contributed by atoms with Crippen LogP contribution in [0.3, 0.4) is 0 Å². The number of benzene rings is 1. The second-order valence-corrected chi connectivity index (χ2v) is 4.64. The first kappa shape index (κ1) is 13.7. The third-order valence-corrected chi connectivity index (χ3v) is 3.24. The Kier molecular flexibility index (Phi) is 3.93. The second kappa shape index (κ2) is 5.47. The van der Waals surface area contributed by atoms with Crippen LogP contribution >= 0.6 is 0 Å². The van der Waals surface area contributed by atoms with Crippen molar-refractivity contribution in [2.24, 2.45) is 0 Å². The minimum atomic E-state index is -0.301. The molecule has 2 amide bonds. The van der Waals surface area contributed by atoms with E-state index in [0.29, 0.717) is 15.9 Å². The van der Waals surface area contributed by atoms with Crippen molar-refractivity contribution in [3.63, 3.8) is 0 Å². The molecule has 0 atom stereocenters. The van der Waals surface area contributed by atoms with E-state index in [2.05, 4.69) is 16.3 Å². The summed E-state index contributed by atoms with van der Waals surface area (Å²) in [4.78, 5) is 24.6. The number of hydrogen-bond donors (Lipinski definition) is 0. The fourth-order valence-electron chi connectivity index (χ4n) is 1.84. The second-order valence-electron chi connectivity index (χ2n) is 4.02. The molecule has 0 unspecified atom stereocenters. The van der Waals surface area contributed by atoms with Gasteiger partial charge in [-0.1, -0.05) is 10.5 Å². The van der Waals surface area contributed by atoms with Gasteiger partial charge < -0.3 is 9.47 Å². The summed E-state index contributed by atoms with van der Waals surface area (Å²) >= 11 is 2.26. The predicted molar refractivity (Wildman–Crippen MR) is 68.9 cm³/mol. The van der Waals surface area contributed by atoms with Crippen LogP contribution in [-0.2, 0) is 16.1 Å². The van der Waals surface area contributed by atoms with E-state index in [1.165, 1.54) is 18.1 Å². The van der Waals surface area contributed by atoms with Crippen molar-refractivity contribution in [2.45, 2.75) is 6.54 Å². The summed E-state index contributed by atoms with van der Waals surface area (Å²) in [5.41, 5.74) is 0.799. The van der Waals surface area contributed by atoms with Crippen molar-refractivity contribution in [1.29, 1.82) is 0 Å². The summed E-state index contributed by atoms with van der Waals surface area (Å²) < 4.78 is 10.7. The smallest absolute Gasteiger partial charge is 0.252 e. The molecule has 1 aromatic rings. The molecule has 2 radical (unpaired) electrons. The van der Waals surface area contributed by atoms with Gasteiger partial charge in [-0.25, -0.2) is 0 Å². The maximum atomic E-state index is 11.8. The lowest BCUT2D eigenvalue weighted by Crippen LogP contribution is -2.30. The van der Waals surface area contributed by atoms with Crippen molar-refractivity contribution in [1.82, 2.24) is 4.90 Å². The van der Waals surface area contributed by atoms with Crippen molar-refractivity contribution >= 4 is 28.1 Å². The zero-order valence-corrected chi connectivity index (χ0v) is 11.8. The van der Waals surface area contributed by atoms with Gasteiger partial charge in [-0.2, -0.15) is 0 Å². The van der Waals surface area contributed by atoms with Gasteiger partial charge in [-0.3, -0.25) is 14.5 Å². The molecule has 0 saturated carbocycles. The van der Waals surface area contributed by atoms with E-state index in [0.717, 1.165) is 5.56 Å². The number of rotatable bonds is 4. The topological polar surface area (TPSA) is 55.8 Å². The lowest BCUT2D eigenvalue weighted by molar-refractivity contribution is -0.137. The van der Waals surface area contributed by atoms with E-state index in [1.807, 2.05) is 0 Å². The fourth-order valence-corrected chi connectivity index (χ4v) is 2.14. The highest BCUT2D eigenvalue weighted by atomic mass is 27.0. The quantitative estimate of drug-likeness (QED) is 0.596. The van der Waals surface area contributed by atoms with Gasteiger partial charge in [0.15, 0.2) is 27.8 Å². The van der Waals surface area contributed by atoms with Gasteiger partial charge in [0.05, 0.1) is 20.8 Å². The number of carbonyl (C=O) groups is 2. The van der Waals surface area contributed by atoms with Crippen LogP contribution in [0.2, 0.25) is 0 Å². The zero-order valence-electron chi connectivity index (χ0n) is 10.7. The number of methoxy groups -OCH3 is 2. The van der Waals surface area contributed by atoms with E-state index >= 15 is 0 Å². The molecule has 1 aliphatic heterocycles. The van der Waals surface area contributed by atoms with Gasteiger partial charge in [0, 0.05) is 0 Å². The normalized spacial score (nSPS) is 14.6. The molecular weight excluding hydrogens is 261 g/mol. The van der Waals surface area contributed by atoms with Crippen LogP contribution in [0.5, 0.6) is 11.5 Å². The number of nitrogens with zero attached hydrogens (tertiary/aromatic N) is 1. The Morgan fingerprint density at radius 1 is 1.16 bits per heavy atom. The van der Waals surface area contributed by atoms with E-state index in [9.17, 15) is 9.59 Å². The first-order chi connectivity index (χ1) is 9.06. The number of amides is 2. The van der Waals surface area contributed by atoms with Crippen LogP contribution in [0.4, 0.5) is 0 Å². The highest BCUT2D eigenvalue weighted by Gasteiger charge is 2.27. The van der Waals surface area contributed by atoms with Crippen LogP contribution in [-0.4, -0.2) is 47.2 Å². The summed E-state index contributed by atoms with van der Waals surface area (Å²) in [6.07, 6.45) is 1.31. The van der Waals surface area contributed by atoms with E-state index in [1.54, 1.807) is 25.3 Å². The molecular formula is C13H12AlNO4. The molecule has 1 heterocycles. The standard InChI is InChI=1S/C13H12NO4.Al/c1-17-10-4-3-9(7-11(10)18-2)8-14-12(15)5-6-13(14)16;/h3-5,7H,8H2,1-2H3;. The first-order valence-corrected chi connectivity index (χ1v) is 6.18. The summed E-state index contributed by atoms with van der Waals surface area (Å²) in [5, 5.41) is 0. The molecule has 1 aromatic carbocycles. The summed E-state index contributed by atoms with van der Waals surface area (Å²) in [6, 6.07) is 5.29. The molecule has 96 valence electrons. The largest absolute Gasteiger partial charge is 0.493 e. The van der Waals surface area contributed by atoms with Gasteiger partial charge in [0.1, 0.15) is 0 Å². The number of carbonyl (C=O) groups excluding carboxylic acids is 2. The van der Waals surface area contributed by atoms with E-state index in [4.69, 9.17) is 9.47 Å². The molecule has 19 heavy (non-hydrogen) atoms. The molecule has 2 rings (SSSR count). The van der Waals surface area contributed by atoms with Crippen LogP contribution in [0.1, 0.15) is 5.56 Å². The molecule has 0 bridgehead atoms. The molecule has 0 aromatic heterocycles. The van der Waals surface area contributed by atoms with Crippen molar-refractivity contribution in [3.05, 3.63) is 34.3 Å². The van der Waals surface area contributed by atoms with Crippen molar-refractivity contribution in [3.8, 4) is 11.5 Å². The fraction of sp³-hybridized carbons (Fsp3) is 0.231. The minimum Gasteiger partial charge on any atom is -0.493 e. The highest BCUT2D eigenvalue weighted by molar-refractivity contribution is 6.42. The zero-order chi connectivity index (χ0) is 14.0. The first-order valence-electron chi connectivity index (χ1n) is 5.60. The lowest BCUT2D eigenvalue weighted by atomic mass is 10.2. The Bertz CT molecular complexity index is 568. The molecule has 6 heteroatoms. The van der Waals surface area contributed by atoms with Gasteiger partial charge in [0.25, 0.3) is 5.91 Å². The predicted octanol–water partition coefficient (Wildman–Crippen LogP) is 0.625. The lowest BCUT2D eigenvalue weighted by Gasteiger charge is -2.16. The Labute approximate surface area is 119 Å². The van der Waals surface area contributed by atoms with E-state index in [-0.39, 0.29) is 18.4 Å². The van der Waals surface area contributed by atoms with Gasteiger partial charge in [-0.15, -0.1) is 0 Å². The maximum Gasteiger partial charge on any atom is 0.252 e. The Hall–Kier alpha value is -1.77. The van der Waals surface area contributed by atoms with Crippen LogP contribution < -0.4 is 9.47 Å². The number of hydrogen-bond acceptors (Lipinski definition) is 4. The summed E-state index contributed by atoms with van der Waals surface area (Å²) in [6.45, 7) is 0.215. The number of imide groups is 1. The molecule has 5 nitrogen and oxygen atoms in total. The van der Waals surface area contributed by atoms with Crippen molar-refractivity contribution in [2.75, 3.05) is 14.2 Å². The average Bonchev–Trinajstić information content (AvgIpc) is 2.65. The monoisotopic (exact) mass is 273 g/mol. The van der Waals surface area contributed by atoms with E-state index < -0.39 is 0 Å². The number of ether oxygens (including phenoxy) is 2. The molecule has 0 spiro atoms. The van der Waals surface area contributed by atoms with Gasteiger partial charge >= 0.3 is 0 Å². The molecule has 0 fully saturated rings. The van der Waals surface area contributed by atoms with Crippen LogP contribution in [0.15, 0.2) is 28.7 Å². The summed E-state index contributed by atoms with van der Waals surface area (Å²) in [5.74, 6) is 0.586. The summed E-state index contributed by atoms with van der Waals surface area (Å²) in [7, 11) is 3.09. The Morgan fingerprint density at radius 2 is 1.84 bits per heavy atom. The Morgan fingerprint density at radius 3 is 2.37 bits per heavy atom. The minimum absolute atomic E-state index is 0.215. The molecule has 1 aliphatic rings. The van der Waals surface area contributed by atoms with Crippen molar-refractivity contribution < 1.29 is 19.1 Å². The van der Waals surface area contributed by atoms with Crippen LogP contribution in [0, 0.1) is 0 Å². The molecule has 0 aliphatic carbocycles. The average molecular weight is 273 g/mol. The molecule has 0 N–H and O–H groups in total. The maximum absolute atomic E-state index is 11.8. The highest BCUT2D eigenvalue weighted by Crippen LogP contribution is 2.28. The van der Waals surface area contributed by atoms with Gasteiger partial charge in [0.2, 0.25) is 5.91 Å².